The number of sulfonamides is 1. The molecule has 128 valence electrons. The summed E-state index contributed by atoms with van der Waals surface area (Å²) in [5, 5.41) is 9.03. The first-order valence-corrected chi connectivity index (χ1v) is 8.04. The Bertz CT molecular complexity index is 892. The lowest BCUT2D eigenvalue weighted by molar-refractivity contribution is -0.139. The molecule has 2 aromatic rings. The van der Waals surface area contributed by atoms with Crippen LogP contribution in [-0.2, 0) is 16.2 Å². The van der Waals surface area contributed by atoms with E-state index in [0.29, 0.717) is 6.07 Å². The van der Waals surface area contributed by atoms with Gasteiger partial charge in [-0.2, -0.15) is 13.2 Å². The molecule has 0 aliphatic heterocycles. The first-order valence-electron chi connectivity index (χ1n) is 6.56. The Labute approximate surface area is 135 Å². The summed E-state index contributed by atoms with van der Waals surface area (Å²) < 4.78 is 65.7. The van der Waals surface area contributed by atoms with Crippen molar-refractivity contribution in [1.29, 1.82) is 0 Å². The lowest BCUT2D eigenvalue weighted by atomic mass is 10.1. The van der Waals surface area contributed by atoms with Gasteiger partial charge in [0, 0.05) is 0 Å². The van der Waals surface area contributed by atoms with E-state index in [4.69, 9.17) is 5.11 Å². The van der Waals surface area contributed by atoms with E-state index in [-0.39, 0.29) is 16.8 Å². The second-order valence-electron chi connectivity index (χ2n) is 4.88. The smallest absolute Gasteiger partial charge is 0.417 e. The second-order valence-corrected chi connectivity index (χ2v) is 6.53. The molecule has 0 amide bonds. The Hall–Kier alpha value is -2.55. The number of hydrogen-bond acceptors (Lipinski definition) is 3. The highest BCUT2D eigenvalue weighted by Gasteiger charge is 2.37. The van der Waals surface area contributed by atoms with Crippen LogP contribution in [0.25, 0.3) is 0 Å². The predicted octanol–water partition coefficient (Wildman–Crippen LogP) is 3.51. The monoisotopic (exact) mass is 359 g/mol. The number of benzene rings is 2. The highest BCUT2D eigenvalue weighted by molar-refractivity contribution is 7.92. The molecule has 0 unspecified atom stereocenters. The number of anilines is 1. The number of carbonyl (C=O) groups is 1. The van der Waals surface area contributed by atoms with Crippen molar-refractivity contribution in [3.05, 3.63) is 59.2 Å². The van der Waals surface area contributed by atoms with Crippen LogP contribution in [0.3, 0.4) is 0 Å². The third-order valence-corrected chi connectivity index (χ3v) is 4.71. The van der Waals surface area contributed by atoms with Crippen LogP contribution in [0.15, 0.2) is 47.4 Å². The zero-order valence-corrected chi connectivity index (χ0v) is 13.1. The van der Waals surface area contributed by atoms with Crippen LogP contribution >= 0.6 is 0 Å². The molecule has 0 spiro atoms. The molecule has 0 saturated heterocycles. The molecule has 9 heteroatoms. The lowest BCUT2D eigenvalue weighted by Gasteiger charge is -2.16. The molecule has 0 aliphatic carbocycles. The second kappa shape index (κ2) is 6.16. The van der Waals surface area contributed by atoms with Gasteiger partial charge in [0.05, 0.1) is 21.7 Å². The minimum Gasteiger partial charge on any atom is -0.478 e. The molecule has 0 aliphatic rings. The first-order chi connectivity index (χ1) is 11.0. The van der Waals surface area contributed by atoms with Crippen LogP contribution in [-0.4, -0.2) is 19.5 Å². The maximum atomic E-state index is 13.0. The maximum absolute atomic E-state index is 13.0. The summed E-state index contributed by atoms with van der Waals surface area (Å²) in [6.45, 7) is 1.36. The van der Waals surface area contributed by atoms with E-state index < -0.39 is 32.6 Å². The van der Waals surface area contributed by atoms with E-state index in [0.717, 1.165) is 12.1 Å². The largest absolute Gasteiger partial charge is 0.478 e. The van der Waals surface area contributed by atoms with Gasteiger partial charge in [-0.1, -0.05) is 18.2 Å². The summed E-state index contributed by atoms with van der Waals surface area (Å²) in [7, 11) is -4.56. The third kappa shape index (κ3) is 3.51. The molecule has 0 aromatic heterocycles. The number of carboxylic acid groups (broad SMARTS) is 1. The van der Waals surface area contributed by atoms with Gasteiger partial charge in [0.25, 0.3) is 10.0 Å². The zero-order valence-electron chi connectivity index (χ0n) is 12.3. The molecular formula is C15H12F3NO4S. The van der Waals surface area contributed by atoms with Gasteiger partial charge in [0.1, 0.15) is 0 Å². The average molecular weight is 359 g/mol. The van der Waals surface area contributed by atoms with E-state index in [1.165, 1.54) is 31.2 Å². The van der Waals surface area contributed by atoms with Crippen LogP contribution in [0.4, 0.5) is 18.9 Å². The van der Waals surface area contributed by atoms with Gasteiger partial charge in [0.2, 0.25) is 0 Å². The fourth-order valence-corrected chi connectivity index (χ4v) is 3.46. The molecule has 2 rings (SSSR count). The van der Waals surface area contributed by atoms with Crippen molar-refractivity contribution in [1.82, 2.24) is 0 Å². The van der Waals surface area contributed by atoms with E-state index in [2.05, 4.69) is 0 Å². The SMILES string of the molecule is Cc1c(NS(=O)(=O)c2ccccc2C(F)(F)F)cccc1C(=O)O. The summed E-state index contributed by atoms with van der Waals surface area (Å²) in [6, 6.07) is 7.58. The summed E-state index contributed by atoms with van der Waals surface area (Å²) >= 11 is 0. The van der Waals surface area contributed by atoms with Crippen LogP contribution < -0.4 is 4.72 Å². The normalized spacial score (nSPS) is 12.0. The van der Waals surface area contributed by atoms with Crippen LogP contribution in [0.1, 0.15) is 21.5 Å². The molecule has 2 aromatic carbocycles. The van der Waals surface area contributed by atoms with Crippen molar-refractivity contribution in [2.24, 2.45) is 0 Å². The summed E-state index contributed by atoms with van der Waals surface area (Å²) in [5.41, 5.74) is -1.46. The van der Waals surface area contributed by atoms with Crippen LogP contribution in [0.2, 0.25) is 0 Å². The van der Waals surface area contributed by atoms with Crippen molar-refractivity contribution >= 4 is 21.7 Å². The quantitative estimate of drug-likeness (QED) is 0.875. The number of rotatable bonds is 4. The number of halogens is 3. The van der Waals surface area contributed by atoms with Gasteiger partial charge in [-0.25, -0.2) is 13.2 Å². The van der Waals surface area contributed by atoms with Crippen molar-refractivity contribution in [2.75, 3.05) is 4.72 Å². The van der Waals surface area contributed by atoms with E-state index in [9.17, 15) is 26.4 Å². The molecule has 2 N–H and O–H groups in total. The average Bonchev–Trinajstić information content (AvgIpc) is 2.48. The van der Waals surface area contributed by atoms with Crippen molar-refractivity contribution in [3.8, 4) is 0 Å². The molecule has 0 radical (unpaired) electrons. The number of aromatic carboxylic acids is 1. The maximum Gasteiger partial charge on any atom is 0.417 e. The summed E-state index contributed by atoms with van der Waals surface area (Å²) in [6.07, 6.45) is -4.84. The van der Waals surface area contributed by atoms with Gasteiger partial charge >= 0.3 is 12.1 Å². The fraction of sp³-hybridized carbons (Fsp3) is 0.133. The van der Waals surface area contributed by atoms with Gasteiger partial charge in [0.15, 0.2) is 0 Å². The van der Waals surface area contributed by atoms with Gasteiger partial charge in [-0.15, -0.1) is 0 Å². The zero-order chi connectivity index (χ0) is 18.1. The Balaban J connectivity index is 2.52. The van der Waals surface area contributed by atoms with Crippen molar-refractivity contribution < 1.29 is 31.5 Å². The van der Waals surface area contributed by atoms with E-state index in [1.807, 2.05) is 4.72 Å². The van der Waals surface area contributed by atoms with E-state index >= 15 is 0 Å². The van der Waals surface area contributed by atoms with Gasteiger partial charge in [-0.05, 0) is 36.8 Å². The molecule has 0 saturated carbocycles. The first kappa shape index (κ1) is 17.8. The molecule has 5 nitrogen and oxygen atoms in total. The Morgan fingerprint density at radius 3 is 2.29 bits per heavy atom. The summed E-state index contributed by atoms with van der Waals surface area (Å²) in [5.74, 6) is -1.27. The topological polar surface area (TPSA) is 83.5 Å². The number of alkyl halides is 3. The highest BCUT2D eigenvalue weighted by Crippen LogP contribution is 2.35. The minimum absolute atomic E-state index is 0.0954. The highest BCUT2D eigenvalue weighted by atomic mass is 32.2. The lowest BCUT2D eigenvalue weighted by Crippen LogP contribution is -2.19. The Morgan fingerprint density at radius 2 is 1.71 bits per heavy atom. The van der Waals surface area contributed by atoms with Crippen molar-refractivity contribution in [3.63, 3.8) is 0 Å². The third-order valence-electron chi connectivity index (χ3n) is 3.29. The molecular weight excluding hydrogens is 347 g/mol. The molecule has 0 heterocycles. The molecule has 0 bridgehead atoms. The van der Waals surface area contributed by atoms with Crippen LogP contribution in [0.5, 0.6) is 0 Å². The van der Waals surface area contributed by atoms with Crippen LogP contribution in [0, 0.1) is 6.92 Å². The van der Waals surface area contributed by atoms with Crippen molar-refractivity contribution in [2.45, 2.75) is 18.0 Å². The molecule has 0 fully saturated rings. The van der Waals surface area contributed by atoms with E-state index in [1.54, 1.807) is 0 Å². The fourth-order valence-electron chi connectivity index (χ4n) is 2.11. The van der Waals surface area contributed by atoms with Gasteiger partial charge < -0.3 is 5.11 Å². The van der Waals surface area contributed by atoms with Gasteiger partial charge in [-0.3, -0.25) is 4.72 Å². The minimum atomic E-state index is -4.84. The predicted molar refractivity (Wildman–Crippen MR) is 80.4 cm³/mol. The summed E-state index contributed by atoms with van der Waals surface area (Å²) in [4.78, 5) is 10.1. The number of nitrogens with one attached hydrogen (secondary N) is 1. The Morgan fingerprint density at radius 1 is 1.08 bits per heavy atom. The number of carboxylic acids is 1. The molecule has 0 atom stereocenters. The standard InChI is InChI=1S/C15H12F3NO4S/c1-9-10(14(20)21)5-4-7-12(9)19-24(22,23)13-8-3-2-6-11(13)15(16,17)18/h2-8,19H,1H3,(H,20,21). The molecule has 24 heavy (non-hydrogen) atoms. The number of hydrogen-bond donors (Lipinski definition) is 2. The Kier molecular flexibility index (Phi) is 4.57.